The first-order chi connectivity index (χ1) is 7.29. The first kappa shape index (κ1) is 10.1. The number of Topliss-reactive ketones (excluding diaryl/α,β-unsaturated/α-hetero) is 1. The summed E-state index contributed by atoms with van der Waals surface area (Å²) in [5, 5.41) is 13.4. The minimum absolute atomic E-state index is 0.248. The third kappa shape index (κ3) is 2.14. The summed E-state index contributed by atoms with van der Waals surface area (Å²) < 4.78 is 0. The average Bonchev–Trinajstić information content (AvgIpc) is 2.82. The Kier molecular flexibility index (Phi) is 2.94. The molecule has 0 fully saturated rings. The Labute approximate surface area is 91.8 Å². The molecule has 0 aliphatic heterocycles. The van der Waals surface area contributed by atoms with E-state index in [1.54, 1.807) is 35.7 Å². The standard InChI is InChI=1S/C12H10O2S/c13-11(9-4-2-1-3-5-9)12(14)10-6-7-15-8-10/h1-8,11,13H/t11-/m0/s1. The molecule has 15 heavy (non-hydrogen) atoms. The maximum absolute atomic E-state index is 11.8. The van der Waals surface area contributed by atoms with Gasteiger partial charge in [0, 0.05) is 10.9 Å². The molecule has 2 nitrogen and oxygen atoms in total. The number of carbonyl (C=O) groups excluding carboxylic acids is 1. The quantitative estimate of drug-likeness (QED) is 0.804. The molecular weight excluding hydrogens is 208 g/mol. The first-order valence-electron chi connectivity index (χ1n) is 4.58. The van der Waals surface area contributed by atoms with E-state index in [1.807, 2.05) is 11.4 Å². The third-order valence-electron chi connectivity index (χ3n) is 2.17. The van der Waals surface area contributed by atoms with Crippen LogP contribution in [0.25, 0.3) is 0 Å². The van der Waals surface area contributed by atoms with Gasteiger partial charge in [-0.25, -0.2) is 0 Å². The topological polar surface area (TPSA) is 37.3 Å². The van der Waals surface area contributed by atoms with Crippen LogP contribution < -0.4 is 0 Å². The molecule has 0 saturated heterocycles. The van der Waals surface area contributed by atoms with E-state index < -0.39 is 6.10 Å². The van der Waals surface area contributed by atoms with E-state index in [-0.39, 0.29) is 5.78 Å². The molecule has 2 rings (SSSR count). The van der Waals surface area contributed by atoms with Crippen LogP contribution in [0.2, 0.25) is 0 Å². The summed E-state index contributed by atoms with van der Waals surface area (Å²) in [7, 11) is 0. The van der Waals surface area contributed by atoms with E-state index >= 15 is 0 Å². The van der Waals surface area contributed by atoms with Gasteiger partial charge in [0.25, 0.3) is 0 Å². The number of aliphatic hydroxyl groups is 1. The van der Waals surface area contributed by atoms with Crippen molar-refractivity contribution in [2.45, 2.75) is 6.10 Å². The molecule has 1 heterocycles. The molecule has 0 saturated carbocycles. The normalized spacial score (nSPS) is 12.3. The lowest BCUT2D eigenvalue weighted by Gasteiger charge is -2.08. The second-order valence-corrected chi connectivity index (χ2v) is 3.97. The van der Waals surface area contributed by atoms with E-state index in [4.69, 9.17) is 0 Å². The van der Waals surface area contributed by atoms with Gasteiger partial charge >= 0.3 is 0 Å². The zero-order valence-electron chi connectivity index (χ0n) is 7.96. The third-order valence-corrected chi connectivity index (χ3v) is 2.85. The largest absolute Gasteiger partial charge is 0.380 e. The summed E-state index contributed by atoms with van der Waals surface area (Å²) in [5.74, 6) is -0.248. The van der Waals surface area contributed by atoms with Gasteiger partial charge in [-0.15, -0.1) is 0 Å². The summed E-state index contributed by atoms with van der Waals surface area (Å²) in [6, 6.07) is 10.7. The Hall–Kier alpha value is -1.45. The van der Waals surface area contributed by atoms with Gasteiger partial charge in [-0.2, -0.15) is 11.3 Å². The summed E-state index contributed by atoms with van der Waals surface area (Å²) in [5.41, 5.74) is 1.20. The number of hydrogen-bond donors (Lipinski definition) is 1. The van der Waals surface area contributed by atoms with Gasteiger partial charge in [0.15, 0.2) is 5.78 Å². The smallest absolute Gasteiger partial charge is 0.196 e. The molecule has 1 aromatic heterocycles. The number of carbonyl (C=O) groups is 1. The Bertz CT molecular complexity index is 434. The van der Waals surface area contributed by atoms with Crippen molar-refractivity contribution >= 4 is 17.1 Å². The van der Waals surface area contributed by atoms with Crippen molar-refractivity contribution < 1.29 is 9.90 Å². The van der Waals surface area contributed by atoms with Crippen molar-refractivity contribution in [2.24, 2.45) is 0 Å². The van der Waals surface area contributed by atoms with Crippen LogP contribution >= 0.6 is 11.3 Å². The fraction of sp³-hybridized carbons (Fsp3) is 0.0833. The molecule has 0 unspecified atom stereocenters. The molecule has 2 aromatic rings. The van der Waals surface area contributed by atoms with Gasteiger partial charge in [0.05, 0.1) is 0 Å². The number of thiophene rings is 1. The van der Waals surface area contributed by atoms with Gasteiger partial charge in [-0.1, -0.05) is 30.3 Å². The van der Waals surface area contributed by atoms with Crippen molar-refractivity contribution in [1.29, 1.82) is 0 Å². The maximum Gasteiger partial charge on any atom is 0.196 e. The highest BCUT2D eigenvalue weighted by Gasteiger charge is 2.18. The lowest BCUT2D eigenvalue weighted by Crippen LogP contribution is -2.11. The number of benzene rings is 1. The number of rotatable bonds is 3. The Morgan fingerprint density at radius 3 is 2.53 bits per heavy atom. The fourth-order valence-electron chi connectivity index (χ4n) is 1.35. The Balaban J connectivity index is 2.23. The summed E-state index contributed by atoms with van der Waals surface area (Å²) >= 11 is 1.45. The van der Waals surface area contributed by atoms with E-state index in [2.05, 4.69) is 0 Å². The maximum atomic E-state index is 11.8. The summed E-state index contributed by atoms with van der Waals surface area (Å²) in [6.07, 6.45) is -1.05. The molecule has 1 aromatic carbocycles. The van der Waals surface area contributed by atoms with E-state index in [0.29, 0.717) is 11.1 Å². The van der Waals surface area contributed by atoms with E-state index in [1.165, 1.54) is 11.3 Å². The van der Waals surface area contributed by atoms with Gasteiger partial charge in [0.2, 0.25) is 0 Å². The van der Waals surface area contributed by atoms with Crippen molar-refractivity contribution in [3.05, 3.63) is 58.3 Å². The van der Waals surface area contributed by atoms with Crippen molar-refractivity contribution in [2.75, 3.05) is 0 Å². The highest BCUT2D eigenvalue weighted by molar-refractivity contribution is 7.08. The second-order valence-electron chi connectivity index (χ2n) is 3.19. The van der Waals surface area contributed by atoms with Crippen LogP contribution in [0, 0.1) is 0 Å². The second kappa shape index (κ2) is 4.38. The molecule has 0 aliphatic carbocycles. The van der Waals surface area contributed by atoms with Gasteiger partial charge in [-0.3, -0.25) is 4.79 Å². The van der Waals surface area contributed by atoms with Crippen LogP contribution in [0.3, 0.4) is 0 Å². The average molecular weight is 218 g/mol. The van der Waals surface area contributed by atoms with Crippen molar-refractivity contribution in [3.8, 4) is 0 Å². The molecule has 1 N–H and O–H groups in total. The zero-order chi connectivity index (χ0) is 10.7. The van der Waals surface area contributed by atoms with Crippen molar-refractivity contribution in [1.82, 2.24) is 0 Å². The number of aliphatic hydroxyl groups excluding tert-OH is 1. The lowest BCUT2D eigenvalue weighted by molar-refractivity contribution is 0.0748. The predicted octanol–water partition coefficient (Wildman–Crippen LogP) is 2.66. The first-order valence-corrected chi connectivity index (χ1v) is 5.53. The summed E-state index contributed by atoms with van der Waals surface area (Å²) in [6.45, 7) is 0. The number of hydrogen-bond acceptors (Lipinski definition) is 3. The Morgan fingerprint density at radius 1 is 1.20 bits per heavy atom. The van der Waals surface area contributed by atoms with Crippen LogP contribution in [-0.2, 0) is 0 Å². The van der Waals surface area contributed by atoms with Crippen LogP contribution in [-0.4, -0.2) is 10.9 Å². The number of ketones is 1. The molecule has 0 aliphatic rings. The minimum atomic E-state index is -1.05. The van der Waals surface area contributed by atoms with E-state index in [9.17, 15) is 9.90 Å². The zero-order valence-corrected chi connectivity index (χ0v) is 8.78. The molecule has 0 radical (unpaired) electrons. The highest BCUT2D eigenvalue weighted by atomic mass is 32.1. The molecule has 0 amide bonds. The molecular formula is C12H10O2S. The summed E-state index contributed by atoms with van der Waals surface area (Å²) in [4.78, 5) is 11.8. The van der Waals surface area contributed by atoms with Gasteiger partial charge in [-0.05, 0) is 17.0 Å². The van der Waals surface area contributed by atoms with Gasteiger partial charge in [0.1, 0.15) is 6.10 Å². The minimum Gasteiger partial charge on any atom is -0.380 e. The van der Waals surface area contributed by atoms with Crippen molar-refractivity contribution in [3.63, 3.8) is 0 Å². The van der Waals surface area contributed by atoms with E-state index in [0.717, 1.165) is 0 Å². The van der Waals surface area contributed by atoms with Crippen LogP contribution in [0.15, 0.2) is 47.2 Å². The molecule has 0 spiro atoms. The van der Waals surface area contributed by atoms with Gasteiger partial charge < -0.3 is 5.11 Å². The SMILES string of the molecule is O=C(c1ccsc1)[C@@H](O)c1ccccc1. The Morgan fingerprint density at radius 2 is 1.93 bits per heavy atom. The molecule has 3 heteroatoms. The monoisotopic (exact) mass is 218 g/mol. The van der Waals surface area contributed by atoms with Crippen LogP contribution in [0.5, 0.6) is 0 Å². The predicted molar refractivity (Wildman–Crippen MR) is 60.1 cm³/mol. The van der Waals surface area contributed by atoms with Crippen LogP contribution in [0.1, 0.15) is 22.0 Å². The fourth-order valence-corrected chi connectivity index (χ4v) is 1.99. The molecule has 0 bridgehead atoms. The lowest BCUT2D eigenvalue weighted by atomic mass is 10.0. The molecule has 1 atom stereocenters. The molecule has 76 valence electrons. The van der Waals surface area contributed by atoms with Crippen LogP contribution in [0.4, 0.5) is 0 Å². The highest BCUT2D eigenvalue weighted by Crippen LogP contribution is 2.19.